The van der Waals surface area contributed by atoms with Crippen LogP contribution in [0.15, 0.2) is 36.4 Å². The van der Waals surface area contributed by atoms with E-state index in [1.165, 1.54) is 6.92 Å². The molecule has 0 spiro atoms. The van der Waals surface area contributed by atoms with E-state index in [1.807, 2.05) is 24.3 Å². The van der Waals surface area contributed by atoms with E-state index >= 15 is 0 Å². The molecule has 0 saturated heterocycles. The standard InChI is InChI=1S/C16H15F2NO/c1-9-6-7-11(15(18)14(9)17)16(19)12-8-20-13-5-3-2-4-10(12)13/h2-7,12,16H,8,19H2,1H3. The predicted molar refractivity (Wildman–Crippen MR) is 72.7 cm³/mol. The average Bonchev–Trinajstić information content (AvgIpc) is 2.88. The van der Waals surface area contributed by atoms with Crippen LogP contribution in [0.4, 0.5) is 8.78 Å². The van der Waals surface area contributed by atoms with E-state index in [2.05, 4.69) is 0 Å². The van der Waals surface area contributed by atoms with Crippen molar-refractivity contribution in [1.29, 1.82) is 0 Å². The smallest absolute Gasteiger partial charge is 0.163 e. The summed E-state index contributed by atoms with van der Waals surface area (Å²) in [4.78, 5) is 0. The molecule has 1 heterocycles. The van der Waals surface area contributed by atoms with Crippen LogP contribution in [0, 0.1) is 18.6 Å². The highest BCUT2D eigenvalue weighted by atomic mass is 19.2. The number of nitrogens with two attached hydrogens (primary N) is 1. The molecule has 0 aliphatic carbocycles. The van der Waals surface area contributed by atoms with Gasteiger partial charge in [0.05, 0.1) is 6.61 Å². The molecular weight excluding hydrogens is 260 g/mol. The van der Waals surface area contributed by atoms with Crippen LogP contribution in [-0.4, -0.2) is 6.61 Å². The summed E-state index contributed by atoms with van der Waals surface area (Å²) in [6.45, 7) is 1.91. The second-order valence-electron chi connectivity index (χ2n) is 5.08. The number of benzene rings is 2. The SMILES string of the molecule is Cc1ccc(C(N)C2COc3ccccc32)c(F)c1F. The third kappa shape index (κ3) is 1.96. The molecule has 0 bridgehead atoms. The third-order valence-corrected chi connectivity index (χ3v) is 3.83. The van der Waals surface area contributed by atoms with Gasteiger partial charge in [-0.1, -0.05) is 30.3 Å². The molecule has 0 radical (unpaired) electrons. The van der Waals surface area contributed by atoms with Crippen LogP contribution in [0.1, 0.15) is 28.7 Å². The topological polar surface area (TPSA) is 35.2 Å². The second-order valence-corrected chi connectivity index (χ2v) is 5.08. The van der Waals surface area contributed by atoms with Gasteiger partial charge in [0.15, 0.2) is 11.6 Å². The monoisotopic (exact) mass is 275 g/mol. The van der Waals surface area contributed by atoms with Crippen molar-refractivity contribution in [1.82, 2.24) is 0 Å². The number of aryl methyl sites for hydroxylation is 1. The lowest BCUT2D eigenvalue weighted by molar-refractivity contribution is 0.312. The van der Waals surface area contributed by atoms with Crippen LogP contribution in [0.2, 0.25) is 0 Å². The van der Waals surface area contributed by atoms with Crippen molar-refractivity contribution >= 4 is 0 Å². The van der Waals surface area contributed by atoms with Crippen molar-refractivity contribution in [2.45, 2.75) is 18.9 Å². The zero-order valence-corrected chi connectivity index (χ0v) is 11.1. The lowest BCUT2D eigenvalue weighted by Crippen LogP contribution is -2.22. The Morgan fingerprint density at radius 3 is 2.70 bits per heavy atom. The first-order valence-corrected chi connectivity index (χ1v) is 6.51. The van der Waals surface area contributed by atoms with Gasteiger partial charge in [-0.3, -0.25) is 0 Å². The van der Waals surface area contributed by atoms with Gasteiger partial charge in [0.25, 0.3) is 0 Å². The van der Waals surface area contributed by atoms with Crippen molar-refractivity contribution in [2.24, 2.45) is 5.73 Å². The lowest BCUT2D eigenvalue weighted by atomic mass is 9.88. The first-order chi connectivity index (χ1) is 9.59. The van der Waals surface area contributed by atoms with E-state index in [4.69, 9.17) is 10.5 Å². The zero-order valence-electron chi connectivity index (χ0n) is 11.1. The Bertz CT molecular complexity index is 657. The highest BCUT2D eigenvalue weighted by Crippen LogP contribution is 2.40. The molecule has 20 heavy (non-hydrogen) atoms. The number of halogens is 2. The molecule has 2 atom stereocenters. The summed E-state index contributed by atoms with van der Waals surface area (Å²) >= 11 is 0. The number of rotatable bonds is 2. The van der Waals surface area contributed by atoms with Crippen LogP contribution in [0.25, 0.3) is 0 Å². The van der Waals surface area contributed by atoms with Gasteiger partial charge in [-0.05, 0) is 18.6 Å². The van der Waals surface area contributed by atoms with Crippen LogP contribution >= 0.6 is 0 Å². The molecule has 4 heteroatoms. The maximum absolute atomic E-state index is 14.0. The first kappa shape index (κ1) is 13.1. The van der Waals surface area contributed by atoms with E-state index in [0.717, 1.165) is 11.3 Å². The molecule has 2 unspecified atom stereocenters. The molecule has 0 amide bonds. The van der Waals surface area contributed by atoms with E-state index < -0.39 is 17.7 Å². The Hall–Kier alpha value is -1.94. The van der Waals surface area contributed by atoms with Gasteiger partial charge in [-0.2, -0.15) is 0 Å². The summed E-state index contributed by atoms with van der Waals surface area (Å²) in [5, 5.41) is 0. The zero-order chi connectivity index (χ0) is 14.3. The largest absolute Gasteiger partial charge is 0.493 e. The molecular formula is C16H15F2NO. The minimum absolute atomic E-state index is 0.164. The fourth-order valence-electron chi connectivity index (χ4n) is 2.62. The molecule has 2 nitrogen and oxygen atoms in total. The van der Waals surface area contributed by atoms with Crippen molar-refractivity contribution in [2.75, 3.05) is 6.61 Å². The summed E-state index contributed by atoms with van der Waals surface area (Å²) in [5.74, 6) is -1.09. The number of hydrogen-bond donors (Lipinski definition) is 1. The van der Waals surface area contributed by atoms with Gasteiger partial charge in [0.1, 0.15) is 5.75 Å². The van der Waals surface area contributed by atoms with Gasteiger partial charge in [-0.25, -0.2) is 8.78 Å². The Morgan fingerprint density at radius 1 is 1.15 bits per heavy atom. The molecule has 0 aromatic heterocycles. The average molecular weight is 275 g/mol. The maximum atomic E-state index is 14.0. The lowest BCUT2D eigenvalue weighted by Gasteiger charge is -2.20. The summed E-state index contributed by atoms with van der Waals surface area (Å²) in [5.41, 5.74) is 7.57. The number of para-hydroxylation sites is 1. The molecule has 1 aliphatic heterocycles. The summed E-state index contributed by atoms with van der Waals surface area (Å²) in [6.07, 6.45) is 0. The molecule has 0 saturated carbocycles. The molecule has 2 N–H and O–H groups in total. The van der Waals surface area contributed by atoms with Gasteiger partial charge in [0, 0.05) is 23.1 Å². The molecule has 104 valence electrons. The Morgan fingerprint density at radius 2 is 1.90 bits per heavy atom. The number of ether oxygens (including phenoxy) is 1. The van der Waals surface area contributed by atoms with Gasteiger partial charge < -0.3 is 10.5 Å². The van der Waals surface area contributed by atoms with Crippen molar-refractivity contribution in [3.05, 3.63) is 64.7 Å². The van der Waals surface area contributed by atoms with Crippen LogP contribution in [0.3, 0.4) is 0 Å². The Labute approximate surface area is 116 Å². The van der Waals surface area contributed by atoms with Crippen molar-refractivity contribution < 1.29 is 13.5 Å². The van der Waals surface area contributed by atoms with E-state index in [1.54, 1.807) is 12.1 Å². The third-order valence-electron chi connectivity index (χ3n) is 3.83. The summed E-state index contributed by atoms with van der Waals surface area (Å²) in [6, 6.07) is 10.0. The minimum atomic E-state index is -0.859. The van der Waals surface area contributed by atoms with Crippen LogP contribution < -0.4 is 10.5 Å². The van der Waals surface area contributed by atoms with Crippen molar-refractivity contribution in [3.63, 3.8) is 0 Å². The minimum Gasteiger partial charge on any atom is -0.493 e. The quantitative estimate of drug-likeness (QED) is 0.911. The molecule has 3 rings (SSSR count). The van der Waals surface area contributed by atoms with E-state index in [-0.39, 0.29) is 17.0 Å². The predicted octanol–water partition coefficient (Wildman–Crippen LogP) is 3.45. The van der Waals surface area contributed by atoms with Crippen LogP contribution in [-0.2, 0) is 0 Å². The number of fused-ring (bicyclic) bond motifs is 1. The maximum Gasteiger partial charge on any atom is 0.163 e. The Kier molecular flexibility index (Phi) is 3.18. The normalized spacial score (nSPS) is 18.5. The summed E-state index contributed by atoms with van der Waals surface area (Å²) < 4.78 is 33.3. The molecule has 2 aromatic carbocycles. The first-order valence-electron chi connectivity index (χ1n) is 6.51. The van der Waals surface area contributed by atoms with Crippen molar-refractivity contribution in [3.8, 4) is 5.75 Å². The fourth-order valence-corrected chi connectivity index (χ4v) is 2.62. The van der Waals surface area contributed by atoms with Gasteiger partial charge in [0.2, 0.25) is 0 Å². The Balaban J connectivity index is 1.99. The molecule has 2 aromatic rings. The summed E-state index contributed by atoms with van der Waals surface area (Å²) in [7, 11) is 0. The fraction of sp³-hybridized carbons (Fsp3) is 0.250. The molecule has 1 aliphatic rings. The van der Waals surface area contributed by atoms with E-state index in [9.17, 15) is 8.78 Å². The van der Waals surface area contributed by atoms with E-state index in [0.29, 0.717) is 6.61 Å². The number of hydrogen-bond acceptors (Lipinski definition) is 2. The highest BCUT2D eigenvalue weighted by Gasteiger charge is 2.32. The van der Waals surface area contributed by atoms with Gasteiger partial charge in [-0.15, -0.1) is 0 Å². The highest BCUT2D eigenvalue weighted by molar-refractivity contribution is 5.42. The molecule has 0 fully saturated rings. The second kappa shape index (κ2) is 4.87. The van der Waals surface area contributed by atoms with Gasteiger partial charge >= 0.3 is 0 Å². The van der Waals surface area contributed by atoms with Crippen LogP contribution in [0.5, 0.6) is 5.75 Å².